The van der Waals surface area contributed by atoms with Gasteiger partial charge in [-0.05, 0) is 47.4 Å². The number of ether oxygens (including phenoxy) is 2. The summed E-state index contributed by atoms with van der Waals surface area (Å²) in [4.78, 5) is 36.6. The van der Waals surface area contributed by atoms with Gasteiger partial charge in [0.05, 0.1) is 5.41 Å². The maximum absolute atomic E-state index is 12.5. The number of carboxylic acids is 1. The van der Waals surface area contributed by atoms with Gasteiger partial charge in [0.15, 0.2) is 0 Å². The lowest BCUT2D eigenvalue weighted by Crippen LogP contribution is -2.47. The summed E-state index contributed by atoms with van der Waals surface area (Å²) in [6.45, 7) is 1.48. The highest BCUT2D eigenvalue weighted by atomic mass is 16.5. The van der Waals surface area contributed by atoms with Crippen molar-refractivity contribution in [1.29, 1.82) is 0 Å². The van der Waals surface area contributed by atoms with Crippen LogP contribution in [0.4, 0.5) is 4.79 Å². The fourth-order valence-corrected chi connectivity index (χ4v) is 5.27. The molecule has 2 aromatic rings. The quantitative estimate of drug-likeness (QED) is 0.537. The number of hydrogen-bond donors (Lipinski definition) is 3. The Labute approximate surface area is 204 Å². The largest absolute Gasteiger partial charge is 0.481 e. The number of rotatable bonds is 8. The molecule has 5 rings (SSSR count). The number of nitrogens with one attached hydrogen (secondary N) is 2. The Hall–Kier alpha value is -3.39. The summed E-state index contributed by atoms with van der Waals surface area (Å²) in [5, 5.41) is 15.2. The number of carboxylic acid groups (broad SMARTS) is 1. The van der Waals surface area contributed by atoms with Crippen molar-refractivity contribution >= 4 is 18.0 Å². The molecule has 3 N–H and O–H groups in total. The highest BCUT2D eigenvalue weighted by molar-refractivity contribution is 5.83. The van der Waals surface area contributed by atoms with E-state index in [2.05, 4.69) is 34.9 Å². The summed E-state index contributed by atoms with van der Waals surface area (Å²) in [5.41, 5.74) is 3.70. The van der Waals surface area contributed by atoms with Gasteiger partial charge >= 0.3 is 12.1 Å². The Kier molecular flexibility index (Phi) is 6.47. The van der Waals surface area contributed by atoms with Crippen LogP contribution in [-0.2, 0) is 19.1 Å². The van der Waals surface area contributed by atoms with E-state index in [4.69, 9.17) is 9.47 Å². The Morgan fingerprint density at radius 1 is 0.971 bits per heavy atom. The highest BCUT2D eigenvalue weighted by Crippen LogP contribution is 2.44. The van der Waals surface area contributed by atoms with Crippen molar-refractivity contribution in [3.8, 4) is 11.1 Å². The minimum atomic E-state index is -0.960. The number of carbonyl (C=O) groups excluding carboxylic acids is 2. The number of benzene rings is 2. The highest BCUT2D eigenvalue weighted by Gasteiger charge is 2.45. The normalized spacial score (nSPS) is 21.9. The number of fused-ring (bicyclic) bond motifs is 3. The molecule has 2 aromatic carbocycles. The van der Waals surface area contributed by atoms with Gasteiger partial charge in [0.1, 0.15) is 6.61 Å². The molecule has 0 bridgehead atoms. The average Bonchev–Trinajstić information content (AvgIpc) is 3.60. The third-order valence-electron chi connectivity index (χ3n) is 7.62. The van der Waals surface area contributed by atoms with E-state index in [9.17, 15) is 19.5 Å². The number of amides is 2. The van der Waals surface area contributed by atoms with E-state index in [0.29, 0.717) is 39.0 Å². The monoisotopic (exact) mass is 478 g/mol. The fourth-order valence-electron chi connectivity index (χ4n) is 5.27. The molecule has 35 heavy (non-hydrogen) atoms. The second-order valence-corrected chi connectivity index (χ2v) is 9.72. The SMILES string of the molecule is O=C(NC[C@@H]1C[C@@H]1C(=O)NCC1(C(=O)O)CCOCC1)OCC1c2ccccc2-c2ccccc21. The molecule has 2 amide bonds. The van der Waals surface area contributed by atoms with Gasteiger partial charge in [0, 0.05) is 38.1 Å². The zero-order chi connectivity index (χ0) is 24.4. The molecule has 0 spiro atoms. The first kappa shape index (κ1) is 23.4. The van der Waals surface area contributed by atoms with Gasteiger partial charge < -0.3 is 25.2 Å². The molecule has 8 heteroatoms. The Morgan fingerprint density at radius 3 is 2.23 bits per heavy atom. The molecule has 8 nitrogen and oxygen atoms in total. The summed E-state index contributed by atoms with van der Waals surface area (Å²) in [6, 6.07) is 16.3. The first-order valence-electron chi connectivity index (χ1n) is 12.2. The lowest BCUT2D eigenvalue weighted by Gasteiger charge is -2.33. The molecule has 1 saturated heterocycles. The molecule has 1 aliphatic heterocycles. The van der Waals surface area contributed by atoms with Crippen LogP contribution in [0.5, 0.6) is 0 Å². The Bertz CT molecular complexity index is 1080. The van der Waals surface area contributed by atoms with Gasteiger partial charge in [0.25, 0.3) is 0 Å². The van der Waals surface area contributed by atoms with Crippen molar-refractivity contribution in [2.24, 2.45) is 17.3 Å². The fraction of sp³-hybridized carbons (Fsp3) is 0.444. The molecule has 3 aliphatic rings. The van der Waals surface area contributed by atoms with Gasteiger partial charge in [0.2, 0.25) is 5.91 Å². The van der Waals surface area contributed by atoms with Crippen LogP contribution in [-0.4, -0.2) is 56.0 Å². The second kappa shape index (κ2) is 9.70. The Morgan fingerprint density at radius 2 is 1.60 bits per heavy atom. The molecule has 0 radical (unpaired) electrons. The number of carbonyl (C=O) groups is 3. The van der Waals surface area contributed by atoms with Gasteiger partial charge in [-0.15, -0.1) is 0 Å². The topological polar surface area (TPSA) is 114 Å². The maximum atomic E-state index is 12.5. The molecule has 184 valence electrons. The van der Waals surface area contributed by atoms with Crippen LogP contribution in [0.1, 0.15) is 36.3 Å². The predicted octanol–water partition coefficient (Wildman–Crippen LogP) is 3.16. The summed E-state index contributed by atoms with van der Waals surface area (Å²) in [5.74, 6) is -1.23. The van der Waals surface area contributed by atoms with Crippen LogP contribution in [0, 0.1) is 17.3 Å². The summed E-state index contributed by atoms with van der Waals surface area (Å²) < 4.78 is 10.8. The summed E-state index contributed by atoms with van der Waals surface area (Å²) in [6.07, 6.45) is 0.948. The van der Waals surface area contributed by atoms with Crippen molar-refractivity contribution < 1.29 is 29.0 Å². The minimum Gasteiger partial charge on any atom is -0.481 e. The van der Waals surface area contributed by atoms with Crippen LogP contribution < -0.4 is 10.6 Å². The predicted molar refractivity (Wildman–Crippen MR) is 128 cm³/mol. The molecule has 2 atom stereocenters. The molecule has 0 aromatic heterocycles. The van der Waals surface area contributed by atoms with Crippen molar-refractivity contribution in [2.45, 2.75) is 25.2 Å². The van der Waals surface area contributed by atoms with Crippen LogP contribution in [0.2, 0.25) is 0 Å². The first-order chi connectivity index (χ1) is 17.0. The van der Waals surface area contributed by atoms with Crippen LogP contribution in [0.25, 0.3) is 11.1 Å². The maximum Gasteiger partial charge on any atom is 0.407 e. The second-order valence-electron chi connectivity index (χ2n) is 9.72. The van der Waals surface area contributed by atoms with Crippen LogP contribution in [0.15, 0.2) is 48.5 Å². The van der Waals surface area contributed by atoms with E-state index < -0.39 is 17.5 Å². The molecular weight excluding hydrogens is 448 g/mol. The Balaban J connectivity index is 1.07. The summed E-state index contributed by atoms with van der Waals surface area (Å²) >= 11 is 0. The van der Waals surface area contributed by atoms with Gasteiger partial charge in [-0.2, -0.15) is 0 Å². The number of alkyl carbamates (subject to hydrolysis) is 1. The third kappa shape index (κ3) is 4.75. The van der Waals surface area contributed by atoms with E-state index in [1.54, 1.807) is 0 Å². The molecular formula is C27H30N2O6. The van der Waals surface area contributed by atoms with E-state index in [0.717, 1.165) is 11.1 Å². The molecule has 1 saturated carbocycles. The van der Waals surface area contributed by atoms with Gasteiger partial charge in [-0.25, -0.2) is 4.79 Å². The van der Waals surface area contributed by atoms with Crippen molar-refractivity contribution in [3.05, 3.63) is 59.7 Å². The zero-order valence-electron chi connectivity index (χ0n) is 19.5. The molecule has 2 fully saturated rings. The van der Waals surface area contributed by atoms with Crippen molar-refractivity contribution in [2.75, 3.05) is 32.9 Å². The van der Waals surface area contributed by atoms with E-state index in [1.807, 2.05) is 24.3 Å². The molecule has 0 unspecified atom stereocenters. The molecule has 2 aliphatic carbocycles. The average molecular weight is 479 g/mol. The van der Waals surface area contributed by atoms with E-state index >= 15 is 0 Å². The van der Waals surface area contributed by atoms with Gasteiger partial charge in [-0.1, -0.05) is 48.5 Å². The van der Waals surface area contributed by atoms with Crippen LogP contribution >= 0.6 is 0 Å². The minimum absolute atomic E-state index is 0.000607. The standard InChI is InChI=1S/C27H30N2O6/c30-24(29-16-27(25(31)32)9-11-34-12-10-27)22-13-17(22)14-28-26(33)35-15-23-20-7-3-1-5-18(20)19-6-2-4-8-21(19)23/h1-8,17,22-23H,9-16H2,(H,28,33)(H,29,30)(H,31,32)/t17-,22-/m0/s1. The van der Waals surface area contributed by atoms with Crippen molar-refractivity contribution in [1.82, 2.24) is 10.6 Å². The van der Waals surface area contributed by atoms with Gasteiger partial charge in [-0.3, -0.25) is 9.59 Å². The number of hydrogen-bond acceptors (Lipinski definition) is 5. The van der Waals surface area contributed by atoms with Crippen LogP contribution in [0.3, 0.4) is 0 Å². The smallest absolute Gasteiger partial charge is 0.407 e. The zero-order valence-corrected chi connectivity index (χ0v) is 19.5. The third-order valence-corrected chi connectivity index (χ3v) is 7.62. The lowest BCUT2D eigenvalue weighted by atomic mass is 9.80. The molecule has 1 heterocycles. The number of aliphatic carboxylic acids is 1. The first-order valence-corrected chi connectivity index (χ1v) is 12.2. The lowest BCUT2D eigenvalue weighted by molar-refractivity contribution is -0.154. The van der Waals surface area contributed by atoms with E-state index in [1.165, 1.54) is 11.1 Å². The van der Waals surface area contributed by atoms with E-state index in [-0.39, 0.29) is 36.8 Å². The van der Waals surface area contributed by atoms with Crippen molar-refractivity contribution in [3.63, 3.8) is 0 Å². The summed E-state index contributed by atoms with van der Waals surface area (Å²) in [7, 11) is 0.